The zero-order valence-electron chi connectivity index (χ0n) is 11.8. The molecule has 0 unspecified atom stereocenters. The number of nitrogens with zero attached hydrogens (tertiary/aromatic N) is 1. The lowest BCUT2D eigenvalue weighted by atomic mass is 10.2. The SMILES string of the molecule is COc1cc(Br)cc(C)c1NC(=O)CN1CCNCC1. The second kappa shape index (κ2) is 7.06. The summed E-state index contributed by atoms with van der Waals surface area (Å²) in [7, 11) is 1.60. The van der Waals surface area contributed by atoms with Crippen LogP contribution in [-0.2, 0) is 4.79 Å². The topological polar surface area (TPSA) is 53.6 Å². The van der Waals surface area contributed by atoms with Gasteiger partial charge in [-0.3, -0.25) is 9.69 Å². The summed E-state index contributed by atoms with van der Waals surface area (Å²) >= 11 is 3.43. The number of ether oxygens (including phenoxy) is 1. The average Bonchev–Trinajstić information content (AvgIpc) is 2.42. The summed E-state index contributed by atoms with van der Waals surface area (Å²) in [5.41, 5.74) is 1.72. The summed E-state index contributed by atoms with van der Waals surface area (Å²) in [6.07, 6.45) is 0. The fourth-order valence-corrected chi connectivity index (χ4v) is 2.84. The molecule has 0 aromatic heterocycles. The van der Waals surface area contributed by atoms with Crippen molar-refractivity contribution in [2.75, 3.05) is 45.2 Å². The van der Waals surface area contributed by atoms with Gasteiger partial charge in [-0.05, 0) is 24.6 Å². The molecule has 1 heterocycles. The van der Waals surface area contributed by atoms with Crippen LogP contribution in [0.5, 0.6) is 5.75 Å². The van der Waals surface area contributed by atoms with Crippen molar-refractivity contribution >= 4 is 27.5 Å². The molecule has 5 nitrogen and oxygen atoms in total. The molecule has 0 atom stereocenters. The van der Waals surface area contributed by atoms with Crippen molar-refractivity contribution in [3.63, 3.8) is 0 Å². The van der Waals surface area contributed by atoms with Gasteiger partial charge >= 0.3 is 0 Å². The molecule has 110 valence electrons. The zero-order chi connectivity index (χ0) is 14.5. The molecule has 2 rings (SSSR count). The number of anilines is 1. The molecule has 0 spiro atoms. The van der Waals surface area contributed by atoms with Gasteiger partial charge in [-0.1, -0.05) is 15.9 Å². The van der Waals surface area contributed by atoms with Crippen LogP contribution in [0, 0.1) is 6.92 Å². The lowest BCUT2D eigenvalue weighted by Crippen LogP contribution is -2.46. The minimum atomic E-state index is -0.00405. The number of rotatable bonds is 4. The van der Waals surface area contributed by atoms with E-state index in [4.69, 9.17) is 4.74 Å². The molecule has 1 aliphatic heterocycles. The van der Waals surface area contributed by atoms with Crippen molar-refractivity contribution in [2.24, 2.45) is 0 Å². The largest absolute Gasteiger partial charge is 0.495 e. The molecular formula is C14H20BrN3O2. The van der Waals surface area contributed by atoms with E-state index in [0.717, 1.165) is 41.9 Å². The van der Waals surface area contributed by atoms with Crippen LogP contribution in [0.1, 0.15) is 5.56 Å². The van der Waals surface area contributed by atoms with Gasteiger partial charge in [-0.2, -0.15) is 0 Å². The van der Waals surface area contributed by atoms with Crippen LogP contribution < -0.4 is 15.4 Å². The number of halogens is 1. The van der Waals surface area contributed by atoms with Gasteiger partial charge in [0, 0.05) is 30.7 Å². The summed E-state index contributed by atoms with van der Waals surface area (Å²) in [5, 5.41) is 6.23. The number of carbonyl (C=O) groups excluding carboxylic acids is 1. The van der Waals surface area contributed by atoms with Crippen LogP contribution in [0.4, 0.5) is 5.69 Å². The van der Waals surface area contributed by atoms with Gasteiger partial charge in [0.15, 0.2) is 0 Å². The number of hydrogen-bond donors (Lipinski definition) is 2. The number of benzene rings is 1. The molecule has 1 amide bonds. The second-order valence-corrected chi connectivity index (χ2v) is 5.79. The van der Waals surface area contributed by atoms with Crippen LogP contribution in [0.2, 0.25) is 0 Å². The standard InChI is InChI=1S/C14H20BrN3O2/c1-10-7-11(15)8-12(20-2)14(10)17-13(19)9-18-5-3-16-4-6-18/h7-8,16H,3-6,9H2,1-2H3,(H,17,19). The Bertz CT molecular complexity index is 488. The first kappa shape index (κ1) is 15.3. The smallest absolute Gasteiger partial charge is 0.238 e. The molecule has 1 saturated heterocycles. The van der Waals surface area contributed by atoms with E-state index in [2.05, 4.69) is 31.5 Å². The van der Waals surface area contributed by atoms with Crippen molar-refractivity contribution in [2.45, 2.75) is 6.92 Å². The number of methoxy groups -OCH3 is 1. The van der Waals surface area contributed by atoms with E-state index in [9.17, 15) is 4.79 Å². The number of carbonyl (C=O) groups is 1. The Morgan fingerprint density at radius 2 is 2.15 bits per heavy atom. The zero-order valence-corrected chi connectivity index (χ0v) is 13.4. The molecule has 1 aliphatic rings. The molecule has 0 aliphatic carbocycles. The van der Waals surface area contributed by atoms with E-state index >= 15 is 0 Å². The Kier molecular flexibility index (Phi) is 5.39. The summed E-state index contributed by atoms with van der Waals surface area (Å²) < 4.78 is 6.27. The predicted molar refractivity (Wildman–Crippen MR) is 83.4 cm³/mol. The molecule has 0 radical (unpaired) electrons. The van der Waals surface area contributed by atoms with Crippen LogP contribution in [-0.4, -0.2) is 50.6 Å². The number of aryl methyl sites for hydroxylation is 1. The van der Waals surface area contributed by atoms with Gasteiger partial charge in [-0.15, -0.1) is 0 Å². The third-order valence-electron chi connectivity index (χ3n) is 3.33. The van der Waals surface area contributed by atoms with Crippen molar-refractivity contribution in [3.05, 3.63) is 22.2 Å². The molecule has 1 aromatic rings. The normalized spacial score (nSPS) is 15.9. The van der Waals surface area contributed by atoms with Gasteiger partial charge in [0.25, 0.3) is 0 Å². The first-order valence-electron chi connectivity index (χ1n) is 6.67. The first-order chi connectivity index (χ1) is 9.60. The van der Waals surface area contributed by atoms with E-state index in [1.807, 2.05) is 19.1 Å². The molecule has 0 saturated carbocycles. The molecule has 1 fully saturated rings. The monoisotopic (exact) mass is 341 g/mol. The molecule has 0 bridgehead atoms. The summed E-state index contributed by atoms with van der Waals surface area (Å²) in [5.74, 6) is 0.668. The van der Waals surface area contributed by atoms with Crippen molar-refractivity contribution in [1.82, 2.24) is 10.2 Å². The van der Waals surface area contributed by atoms with E-state index in [1.54, 1.807) is 7.11 Å². The number of piperazine rings is 1. The number of nitrogens with one attached hydrogen (secondary N) is 2. The lowest BCUT2D eigenvalue weighted by molar-refractivity contribution is -0.117. The van der Waals surface area contributed by atoms with E-state index in [-0.39, 0.29) is 5.91 Å². The summed E-state index contributed by atoms with van der Waals surface area (Å²) in [4.78, 5) is 14.3. The fraction of sp³-hybridized carbons (Fsp3) is 0.500. The van der Waals surface area contributed by atoms with Crippen LogP contribution in [0.15, 0.2) is 16.6 Å². The third-order valence-corrected chi connectivity index (χ3v) is 3.78. The first-order valence-corrected chi connectivity index (χ1v) is 7.46. The van der Waals surface area contributed by atoms with Crippen LogP contribution in [0.25, 0.3) is 0 Å². The molecule has 2 N–H and O–H groups in total. The fourth-order valence-electron chi connectivity index (χ4n) is 2.28. The maximum absolute atomic E-state index is 12.1. The number of amides is 1. The Hall–Kier alpha value is -1.11. The predicted octanol–water partition coefficient (Wildman–Crippen LogP) is 1.61. The Balaban J connectivity index is 2.03. The highest BCUT2D eigenvalue weighted by molar-refractivity contribution is 9.10. The van der Waals surface area contributed by atoms with Gasteiger partial charge in [-0.25, -0.2) is 0 Å². The molecule has 20 heavy (non-hydrogen) atoms. The summed E-state index contributed by atoms with van der Waals surface area (Å²) in [6, 6.07) is 3.82. The second-order valence-electron chi connectivity index (χ2n) is 4.87. The summed E-state index contributed by atoms with van der Waals surface area (Å²) in [6.45, 7) is 6.06. The maximum atomic E-state index is 12.1. The number of hydrogen-bond acceptors (Lipinski definition) is 4. The molecular weight excluding hydrogens is 322 g/mol. The highest BCUT2D eigenvalue weighted by Gasteiger charge is 2.16. The van der Waals surface area contributed by atoms with Crippen molar-refractivity contribution in [3.8, 4) is 5.75 Å². The molecule has 1 aromatic carbocycles. The lowest BCUT2D eigenvalue weighted by Gasteiger charge is -2.26. The van der Waals surface area contributed by atoms with Gasteiger partial charge in [0.05, 0.1) is 19.3 Å². The van der Waals surface area contributed by atoms with Crippen molar-refractivity contribution in [1.29, 1.82) is 0 Å². The van der Waals surface area contributed by atoms with Crippen LogP contribution in [0.3, 0.4) is 0 Å². The Morgan fingerprint density at radius 1 is 1.45 bits per heavy atom. The third kappa shape index (κ3) is 3.94. The van der Waals surface area contributed by atoms with Crippen molar-refractivity contribution < 1.29 is 9.53 Å². The van der Waals surface area contributed by atoms with Gasteiger partial charge in [0.2, 0.25) is 5.91 Å². The highest BCUT2D eigenvalue weighted by Crippen LogP contribution is 2.31. The van der Waals surface area contributed by atoms with E-state index < -0.39 is 0 Å². The van der Waals surface area contributed by atoms with Crippen LogP contribution >= 0.6 is 15.9 Å². The maximum Gasteiger partial charge on any atom is 0.238 e. The minimum Gasteiger partial charge on any atom is -0.495 e. The Labute approximate surface area is 127 Å². The molecule has 6 heteroatoms. The quantitative estimate of drug-likeness (QED) is 0.873. The van der Waals surface area contributed by atoms with E-state index in [0.29, 0.717) is 12.3 Å². The average molecular weight is 342 g/mol. The Morgan fingerprint density at radius 3 is 2.80 bits per heavy atom. The highest BCUT2D eigenvalue weighted by atomic mass is 79.9. The van der Waals surface area contributed by atoms with Gasteiger partial charge in [0.1, 0.15) is 5.75 Å². The minimum absolute atomic E-state index is 0.00405. The van der Waals surface area contributed by atoms with E-state index in [1.165, 1.54) is 0 Å². The van der Waals surface area contributed by atoms with Gasteiger partial charge < -0.3 is 15.4 Å².